The van der Waals surface area contributed by atoms with Crippen LogP contribution in [0.2, 0.25) is 0 Å². The fourth-order valence-corrected chi connectivity index (χ4v) is 0.989. The number of H-pyrrole nitrogens is 1. The molecule has 2 aromatic heterocycles. The van der Waals surface area contributed by atoms with Crippen molar-refractivity contribution < 1.29 is 5.11 Å². The molecule has 68 valence electrons. The summed E-state index contributed by atoms with van der Waals surface area (Å²) in [7, 11) is 0. The lowest BCUT2D eigenvalue weighted by Crippen LogP contribution is -2.08. The van der Waals surface area contributed by atoms with Crippen LogP contribution in [0.5, 0.6) is 0 Å². The van der Waals surface area contributed by atoms with Crippen molar-refractivity contribution in [1.82, 2.24) is 19.9 Å². The first-order valence-electron chi connectivity index (χ1n) is 3.91. The van der Waals surface area contributed by atoms with E-state index in [-0.39, 0.29) is 6.61 Å². The van der Waals surface area contributed by atoms with Gasteiger partial charge in [0.15, 0.2) is 5.65 Å². The van der Waals surface area contributed by atoms with Crippen LogP contribution in [-0.4, -0.2) is 38.2 Å². The van der Waals surface area contributed by atoms with Crippen molar-refractivity contribution in [2.24, 2.45) is 0 Å². The Morgan fingerprint density at radius 3 is 3.23 bits per heavy atom. The van der Waals surface area contributed by atoms with Gasteiger partial charge in [-0.1, -0.05) is 0 Å². The van der Waals surface area contributed by atoms with Gasteiger partial charge in [0.1, 0.15) is 5.52 Å². The van der Waals surface area contributed by atoms with Gasteiger partial charge in [0.05, 0.1) is 19.1 Å². The highest BCUT2D eigenvalue weighted by Gasteiger charge is 1.99. The van der Waals surface area contributed by atoms with Crippen LogP contribution in [0.4, 0.5) is 5.95 Å². The summed E-state index contributed by atoms with van der Waals surface area (Å²) < 4.78 is 0. The summed E-state index contributed by atoms with van der Waals surface area (Å²) in [5.41, 5.74) is 1.42. The van der Waals surface area contributed by atoms with Crippen LogP contribution in [-0.2, 0) is 0 Å². The lowest BCUT2D eigenvalue weighted by Gasteiger charge is -2.00. The van der Waals surface area contributed by atoms with Crippen LogP contribution in [0.1, 0.15) is 0 Å². The minimum atomic E-state index is 0.0575. The molecule has 0 saturated heterocycles. The Labute approximate surface area is 74.1 Å². The molecule has 0 amide bonds. The maximum absolute atomic E-state index is 8.56. The summed E-state index contributed by atoms with van der Waals surface area (Å²) in [6.45, 7) is 0.498. The SMILES string of the molecule is OCCNc1ncc2[nH]cnc2n1. The summed E-state index contributed by atoms with van der Waals surface area (Å²) in [6.07, 6.45) is 3.21. The number of aromatic nitrogens is 4. The molecule has 6 heteroatoms. The molecule has 3 N–H and O–H groups in total. The normalized spacial score (nSPS) is 10.5. The van der Waals surface area contributed by atoms with E-state index in [1.165, 1.54) is 0 Å². The van der Waals surface area contributed by atoms with E-state index in [1.807, 2.05) is 0 Å². The molecular weight excluding hydrogens is 170 g/mol. The largest absolute Gasteiger partial charge is 0.395 e. The van der Waals surface area contributed by atoms with Gasteiger partial charge in [-0.2, -0.15) is 4.98 Å². The third-order valence-electron chi connectivity index (χ3n) is 1.57. The Balaban J connectivity index is 2.26. The number of fused-ring (bicyclic) bond motifs is 1. The molecule has 2 rings (SSSR count). The summed E-state index contributed by atoms with van der Waals surface area (Å²) in [4.78, 5) is 15.0. The minimum Gasteiger partial charge on any atom is -0.395 e. The first kappa shape index (κ1) is 7.93. The molecule has 0 aromatic carbocycles. The molecule has 0 aliphatic heterocycles. The van der Waals surface area contributed by atoms with Gasteiger partial charge in [-0.25, -0.2) is 9.97 Å². The number of imidazole rings is 1. The highest BCUT2D eigenvalue weighted by molar-refractivity contribution is 5.69. The second kappa shape index (κ2) is 3.36. The quantitative estimate of drug-likeness (QED) is 0.605. The Bertz CT molecular complexity index is 398. The van der Waals surface area contributed by atoms with Gasteiger partial charge in [-0.3, -0.25) is 0 Å². The van der Waals surface area contributed by atoms with E-state index < -0.39 is 0 Å². The molecule has 0 unspecified atom stereocenters. The number of aliphatic hydroxyl groups excluding tert-OH is 1. The van der Waals surface area contributed by atoms with Gasteiger partial charge < -0.3 is 15.4 Å². The zero-order valence-corrected chi connectivity index (χ0v) is 6.86. The smallest absolute Gasteiger partial charge is 0.224 e. The molecule has 2 aromatic rings. The molecule has 0 saturated carbocycles. The summed E-state index contributed by atoms with van der Waals surface area (Å²) >= 11 is 0. The standard InChI is InChI=1S/C7H9N5O/c13-2-1-8-7-9-3-5-6(12-7)11-4-10-5/h3-4,13H,1-2H2,(H2,8,9,10,11,12). The Morgan fingerprint density at radius 1 is 1.46 bits per heavy atom. The van der Waals surface area contributed by atoms with Gasteiger partial charge in [0.25, 0.3) is 0 Å². The average Bonchev–Trinajstić information content (AvgIpc) is 2.61. The first-order chi connectivity index (χ1) is 6.40. The van der Waals surface area contributed by atoms with Gasteiger partial charge in [0, 0.05) is 6.54 Å². The zero-order valence-electron chi connectivity index (χ0n) is 6.86. The third-order valence-corrected chi connectivity index (χ3v) is 1.57. The highest BCUT2D eigenvalue weighted by atomic mass is 16.3. The molecule has 0 bridgehead atoms. The van der Waals surface area contributed by atoms with Crippen molar-refractivity contribution in [3.8, 4) is 0 Å². The van der Waals surface area contributed by atoms with E-state index in [1.54, 1.807) is 12.5 Å². The predicted molar refractivity (Wildman–Crippen MR) is 47.3 cm³/mol. The Kier molecular flexibility index (Phi) is 2.05. The van der Waals surface area contributed by atoms with Crippen molar-refractivity contribution >= 4 is 17.1 Å². The molecule has 0 aliphatic carbocycles. The van der Waals surface area contributed by atoms with Gasteiger partial charge >= 0.3 is 0 Å². The van der Waals surface area contributed by atoms with Gasteiger partial charge in [-0.15, -0.1) is 0 Å². The lowest BCUT2D eigenvalue weighted by atomic mass is 10.5. The van der Waals surface area contributed by atoms with Crippen LogP contribution in [0.25, 0.3) is 11.2 Å². The maximum Gasteiger partial charge on any atom is 0.224 e. The molecular formula is C7H9N5O. The predicted octanol–water partition coefficient (Wildman–Crippen LogP) is -0.243. The van der Waals surface area contributed by atoms with E-state index in [9.17, 15) is 0 Å². The molecule has 0 radical (unpaired) electrons. The fourth-order valence-electron chi connectivity index (χ4n) is 0.989. The van der Waals surface area contributed by atoms with E-state index in [0.717, 1.165) is 5.52 Å². The van der Waals surface area contributed by atoms with Crippen molar-refractivity contribution in [3.63, 3.8) is 0 Å². The summed E-state index contributed by atoms with van der Waals surface area (Å²) in [6, 6.07) is 0. The number of hydrogen-bond donors (Lipinski definition) is 3. The lowest BCUT2D eigenvalue weighted by molar-refractivity contribution is 0.311. The third kappa shape index (κ3) is 1.57. The van der Waals surface area contributed by atoms with Crippen LogP contribution in [0.3, 0.4) is 0 Å². The molecule has 6 nitrogen and oxygen atoms in total. The highest BCUT2D eigenvalue weighted by Crippen LogP contribution is 2.06. The number of aromatic amines is 1. The number of aliphatic hydroxyl groups is 1. The van der Waals surface area contributed by atoms with Gasteiger partial charge in [-0.05, 0) is 0 Å². The van der Waals surface area contributed by atoms with Gasteiger partial charge in [0.2, 0.25) is 5.95 Å². The second-order valence-corrected chi connectivity index (χ2v) is 2.48. The topological polar surface area (TPSA) is 86.7 Å². The monoisotopic (exact) mass is 179 g/mol. The minimum absolute atomic E-state index is 0.0575. The van der Waals surface area contributed by atoms with Crippen molar-refractivity contribution in [3.05, 3.63) is 12.5 Å². The Hall–Kier alpha value is -1.69. The second-order valence-electron chi connectivity index (χ2n) is 2.48. The number of hydrogen-bond acceptors (Lipinski definition) is 5. The van der Waals surface area contributed by atoms with Crippen molar-refractivity contribution in [2.45, 2.75) is 0 Å². The van der Waals surface area contributed by atoms with Crippen molar-refractivity contribution in [1.29, 1.82) is 0 Å². The molecule has 0 aliphatic rings. The molecule has 0 spiro atoms. The maximum atomic E-state index is 8.56. The Morgan fingerprint density at radius 2 is 2.38 bits per heavy atom. The van der Waals surface area contributed by atoms with E-state index >= 15 is 0 Å². The fraction of sp³-hybridized carbons (Fsp3) is 0.286. The zero-order chi connectivity index (χ0) is 9.10. The van der Waals surface area contributed by atoms with Crippen molar-refractivity contribution in [2.75, 3.05) is 18.5 Å². The summed E-state index contributed by atoms with van der Waals surface area (Å²) in [5, 5.41) is 11.4. The number of anilines is 1. The molecule has 0 fully saturated rings. The number of rotatable bonds is 3. The van der Waals surface area contributed by atoms with E-state index in [0.29, 0.717) is 18.1 Å². The van der Waals surface area contributed by atoms with Crippen LogP contribution in [0, 0.1) is 0 Å². The molecule has 13 heavy (non-hydrogen) atoms. The molecule has 2 heterocycles. The first-order valence-corrected chi connectivity index (χ1v) is 3.91. The number of nitrogens with zero attached hydrogens (tertiary/aromatic N) is 3. The van der Waals surface area contributed by atoms with Crippen LogP contribution in [0.15, 0.2) is 12.5 Å². The summed E-state index contributed by atoms with van der Waals surface area (Å²) in [5.74, 6) is 0.480. The van der Waals surface area contributed by atoms with Crippen LogP contribution >= 0.6 is 0 Å². The van der Waals surface area contributed by atoms with E-state index in [4.69, 9.17) is 5.11 Å². The van der Waals surface area contributed by atoms with E-state index in [2.05, 4.69) is 25.3 Å². The van der Waals surface area contributed by atoms with Crippen LogP contribution < -0.4 is 5.32 Å². The molecule has 0 atom stereocenters. The average molecular weight is 179 g/mol. The number of nitrogens with one attached hydrogen (secondary N) is 2.